The van der Waals surface area contributed by atoms with Crippen molar-refractivity contribution in [2.24, 2.45) is 0 Å². The van der Waals surface area contributed by atoms with Crippen LogP contribution in [0.25, 0.3) is 0 Å². The second-order valence-corrected chi connectivity index (χ2v) is 6.91. The van der Waals surface area contributed by atoms with E-state index in [0.717, 1.165) is 0 Å². The van der Waals surface area contributed by atoms with Crippen molar-refractivity contribution in [2.75, 3.05) is 27.9 Å². The second kappa shape index (κ2) is 8.28. The summed E-state index contributed by atoms with van der Waals surface area (Å²) in [5, 5.41) is 0. The van der Waals surface area contributed by atoms with Gasteiger partial charge in [0.1, 0.15) is 5.82 Å². The van der Waals surface area contributed by atoms with Gasteiger partial charge in [-0.05, 0) is 29.8 Å². The van der Waals surface area contributed by atoms with Crippen LogP contribution in [0.15, 0.2) is 47.4 Å². The van der Waals surface area contributed by atoms with E-state index in [0.29, 0.717) is 17.1 Å². The molecule has 0 aromatic heterocycles. The molecule has 8 heteroatoms. The molecule has 1 N–H and O–H groups in total. The maximum Gasteiger partial charge on any atom is 0.240 e. The molecule has 0 aliphatic rings. The summed E-state index contributed by atoms with van der Waals surface area (Å²) in [6, 6.07) is 10.1. The van der Waals surface area contributed by atoms with Gasteiger partial charge in [0.25, 0.3) is 0 Å². The van der Waals surface area contributed by atoms with Crippen LogP contribution in [0, 0.1) is 5.82 Å². The monoisotopic (exact) mass is 369 g/mol. The van der Waals surface area contributed by atoms with Crippen molar-refractivity contribution in [1.82, 2.24) is 4.72 Å². The lowest BCUT2D eigenvalue weighted by atomic mass is 10.1. The number of ether oxygens (including phenoxy) is 3. The molecule has 2 aromatic carbocycles. The van der Waals surface area contributed by atoms with Gasteiger partial charge in [-0.25, -0.2) is 17.5 Å². The third-order valence-electron chi connectivity index (χ3n) is 3.63. The van der Waals surface area contributed by atoms with Crippen LogP contribution in [-0.2, 0) is 14.8 Å². The molecule has 0 aliphatic carbocycles. The van der Waals surface area contributed by atoms with Gasteiger partial charge >= 0.3 is 0 Å². The maximum absolute atomic E-state index is 13.3. The van der Waals surface area contributed by atoms with E-state index in [-0.39, 0.29) is 11.4 Å². The van der Waals surface area contributed by atoms with Crippen LogP contribution in [-0.4, -0.2) is 36.3 Å². The highest BCUT2D eigenvalue weighted by atomic mass is 32.2. The molecule has 0 bridgehead atoms. The molecule has 0 heterocycles. The largest absolute Gasteiger partial charge is 0.493 e. The summed E-state index contributed by atoms with van der Waals surface area (Å²) in [5.74, 6) is 0.317. The Morgan fingerprint density at radius 3 is 2.36 bits per heavy atom. The lowest BCUT2D eigenvalue weighted by Crippen LogP contribution is -2.29. The molecule has 0 aliphatic heterocycles. The molecule has 0 saturated carbocycles. The highest BCUT2D eigenvalue weighted by Gasteiger charge is 2.20. The van der Waals surface area contributed by atoms with Gasteiger partial charge in [-0.1, -0.05) is 12.1 Å². The molecule has 0 fully saturated rings. The molecule has 136 valence electrons. The smallest absolute Gasteiger partial charge is 0.240 e. The Kier molecular flexibility index (Phi) is 6.35. The normalized spacial score (nSPS) is 12.6. The summed E-state index contributed by atoms with van der Waals surface area (Å²) >= 11 is 0. The van der Waals surface area contributed by atoms with Gasteiger partial charge in [0.15, 0.2) is 11.5 Å². The van der Waals surface area contributed by atoms with Crippen LogP contribution in [0.3, 0.4) is 0 Å². The van der Waals surface area contributed by atoms with Crippen molar-refractivity contribution < 1.29 is 27.0 Å². The van der Waals surface area contributed by atoms with E-state index in [9.17, 15) is 12.8 Å². The Morgan fingerprint density at radius 2 is 1.76 bits per heavy atom. The third kappa shape index (κ3) is 4.68. The Balaban J connectivity index is 2.18. The van der Waals surface area contributed by atoms with Gasteiger partial charge in [0.2, 0.25) is 10.0 Å². The highest BCUT2D eigenvalue weighted by Crippen LogP contribution is 2.29. The summed E-state index contributed by atoms with van der Waals surface area (Å²) in [4.78, 5) is 0.0271. The fourth-order valence-electron chi connectivity index (χ4n) is 2.30. The van der Waals surface area contributed by atoms with E-state index in [1.165, 1.54) is 51.7 Å². The van der Waals surface area contributed by atoms with Crippen molar-refractivity contribution in [3.63, 3.8) is 0 Å². The van der Waals surface area contributed by atoms with E-state index in [1.807, 2.05) is 0 Å². The first-order valence-electron chi connectivity index (χ1n) is 7.41. The Labute approximate surface area is 146 Å². The summed E-state index contributed by atoms with van der Waals surface area (Å²) in [7, 11) is 0.518. The van der Waals surface area contributed by atoms with E-state index < -0.39 is 21.9 Å². The van der Waals surface area contributed by atoms with Crippen molar-refractivity contribution >= 4 is 10.0 Å². The van der Waals surface area contributed by atoms with E-state index in [2.05, 4.69) is 4.72 Å². The Bertz CT molecular complexity index is 826. The fraction of sp³-hybridized carbons (Fsp3) is 0.294. The van der Waals surface area contributed by atoms with Gasteiger partial charge in [-0.3, -0.25) is 0 Å². The molecule has 0 radical (unpaired) electrons. The number of sulfonamides is 1. The Morgan fingerprint density at radius 1 is 1.04 bits per heavy atom. The van der Waals surface area contributed by atoms with Crippen molar-refractivity contribution in [2.45, 2.75) is 11.0 Å². The molecule has 2 rings (SSSR count). The van der Waals surface area contributed by atoms with Crippen molar-refractivity contribution in [3.8, 4) is 11.5 Å². The van der Waals surface area contributed by atoms with Gasteiger partial charge < -0.3 is 14.2 Å². The Hall–Kier alpha value is -2.16. The average Bonchev–Trinajstić information content (AvgIpc) is 2.61. The van der Waals surface area contributed by atoms with Crippen LogP contribution < -0.4 is 14.2 Å². The molecule has 2 aromatic rings. The van der Waals surface area contributed by atoms with Crippen LogP contribution >= 0.6 is 0 Å². The molecular formula is C17H20FNO5S. The predicted molar refractivity (Wildman–Crippen MR) is 90.9 cm³/mol. The third-order valence-corrected chi connectivity index (χ3v) is 5.05. The molecule has 1 atom stereocenters. The van der Waals surface area contributed by atoms with E-state index in [4.69, 9.17) is 14.2 Å². The first-order chi connectivity index (χ1) is 11.9. The van der Waals surface area contributed by atoms with Crippen molar-refractivity contribution in [1.29, 1.82) is 0 Å². The van der Waals surface area contributed by atoms with Crippen LogP contribution in [0.5, 0.6) is 11.5 Å². The lowest BCUT2D eigenvalue weighted by Gasteiger charge is -2.17. The van der Waals surface area contributed by atoms with Gasteiger partial charge in [-0.2, -0.15) is 0 Å². The summed E-state index contributed by atoms with van der Waals surface area (Å²) in [6.45, 7) is -0.0450. The highest BCUT2D eigenvalue weighted by molar-refractivity contribution is 7.89. The minimum absolute atomic E-state index is 0.0271. The molecular weight excluding hydrogens is 349 g/mol. The maximum atomic E-state index is 13.3. The minimum Gasteiger partial charge on any atom is -0.493 e. The zero-order chi connectivity index (χ0) is 18.4. The first kappa shape index (κ1) is 19.2. The molecule has 0 spiro atoms. The molecule has 1 unspecified atom stereocenters. The zero-order valence-corrected chi connectivity index (χ0v) is 15.0. The zero-order valence-electron chi connectivity index (χ0n) is 14.2. The van der Waals surface area contributed by atoms with E-state index in [1.54, 1.807) is 12.1 Å². The van der Waals surface area contributed by atoms with Gasteiger partial charge in [-0.15, -0.1) is 0 Å². The summed E-state index contributed by atoms with van der Waals surface area (Å²) in [6.07, 6.45) is -0.620. The number of halogens is 1. The number of hydrogen-bond donors (Lipinski definition) is 1. The van der Waals surface area contributed by atoms with Crippen LogP contribution in [0.2, 0.25) is 0 Å². The summed E-state index contributed by atoms with van der Waals surface area (Å²) < 4.78 is 56.2. The van der Waals surface area contributed by atoms with Gasteiger partial charge in [0, 0.05) is 19.7 Å². The van der Waals surface area contributed by atoms with Crippen LogP contribution in [0.1, 0.15) is 11.7 Å². The average molecular weight is 369 g/mol. The number of rotatable bonds is 8. The molecule has 6 nitrogen and oxygen atoms in total. The van der Waals surface area contributed by atoms with Crippen LogP contribution in [0.4, 0.5) is 4.39 Å². The SMILES string of the molecule is COc1ccc(S(=O)(=O)NCC(OC)c2cccc(F)c2)cc1OC. The minimum atomic E-state index is -3.80. The lowest BCUT2D eigenvalue weighted by molar-refractivity contribution is 0.107. The second-order valence-electron chi connectivity index (χ2n) is 5.15. The number of hydrogen-bond acceptors (Lipinski definition) is 5. The first-order valence-corrected chi connectivity index (χ1v) is 8.89. The van der Waals surface area contributed by atoms with Gasteiger partial charge in [0.05, 0.1) is 25.2 Å². The molecule has 0 amide bonds. The number of nitrogens with one attached hydrogen (secondary N) is 1. The molecule has 0 saturated heterocycles. The predicted octanol–water partition coefficient (Wildman–Crippen LogP) is 2.51. The summed E-state index contributed by atoms with van der Waals surface area (Å²) in [5.41, 5.74) is 0.539. The number of methoxy groups -OCH3 is 3. The molecule has 25 heavy (non-hydrogen) atoms. The van der Waals surface area contributed by atoms with Crippen molar-refractivity contribution in [3.05, 3.63) is 53.8 Å². The number of benzene rings is 2. The fourth-order valence-corrected chi connectivity index (χ4v) is 3.34. The quantitative estimate of drug-likeness (QED) is 0.774. The standard InChI is InChI=1S/C17H20FNO5S/c1-22-15-8-7-14(10-16(15)23-2)25(20,21)19-11-17(24-3)12-5-4-6-13(18)9-12/h4-10,17,19H,11H2,1-3H3. The topological polar surface area (TPSA) is 73.9 Å². The van der Waals surface area contributed by atoms with E-state index >= 15 is 0 Å².